The topological polar surface area (TPSA) is 12.0 Å². The standard InChI is InChI=1S/C15H20BrN/c1-15(11-6-7-11)8-9-17-10-13(15)12-4-2-3-5-14(12)16/h2-5,11,13,17H,6-10H2,1H3. The minimum absolute atomic E-state index is 0.509. The third kappa shape index (κ3) is 2.06. The van der Waals surface area contributed by atoms with Gasteiger partial charge in [0, 0.05) is 16.9 Å². The lowest BCUT2D eigenvalue weighted by atomic mass is 9.66. The number of nitrogens with one attached hydrogen (secondary N) is 1. The molecule has 1 aromatic carbocycles. The summed E-state index contributed by atoms with van der Waals surface area (Å²) in [4.78, 5) is 0. The van der Waals surface area contributed by atoms with E-state index in [-0.39, 0.29) is 0 Å². The van der Waals surface area contributed by atoms with Crippen molar-refractivity contribution in [2.24, 2.45) is 11.3 Å². The number of hydrogen-bond donors (Lipinski definition) is 1. The smallest absolute Gasteiger partial charge is 0.0210 e. The van der Waals surface area contributed by atoms with Crippen LogP contribution in [0.25, 0.3) is 0 Å². The highest BCUT2D eigenvalue weighted by atomic mass is 79.9. The Hall–Kier alpha value is -0.340. The number of piperidine rings is 1. The largest absolute Gasteiger partial charge is 0.316 e. The van der Waals surface area contributed by atoms with E-state index in [0.29, 0.717) is 11.3 Å². The maximum Gasteiger partial charge on any atom is 0.0210 e. The molecule has 1 saturated heterocycles. The second-order valence-corrected chi connectivity index (χ2v) is 6.66. The van der Waals surface area contributed by atoms with E-state index < -0.39 is 0 Å². The highest BCUT2D eigenvalue weighted by molar-refractivity contribution is 9.10. The minimum Gasteiger partial charge on any atom is -0.316 e. The summed E-state index contributed by atoms with van der Waals surface area (Å²) in [6.45, 7) is 4.83. The molecule has 17 heavy (non-hydrogen) atoms. The van der Waals surface area contributed by atoms with Crippen molar-refractivity contribution in [2.45, 2.75) is 32.1 Å². The second-order valence-electron chi connectivity index (χ2n) is 5.81. The Balaban J connectivity index is 1.96. The molecule has 0 aromatic heterocycles. The first-order valence-electron chi connectivity index (χ1n) is 6.67. The van der Waals surface area contributed by atoms with E-state index in [1.54, 1.807) is 0 Å². The molecule has 1 saturated carbocycles. The molecule has 1 heterocycles. The lowest BCUT2D eigenvalue weighted by molar-refractivity contribution is 0.154. The Morgan fingerprint density at radius 2 is 2.06 bits per heavy atom. The van der Waals surface area contributed by atoms with E-state index in [1.165, 1.54) is 35.8 Å². The van der Waals surface area contributed by atoms with Gasteiger partial charge in [-0.3, -0.25) is 0 Å². The summed E-state index contributed by atoms with van der Waals surface area (Å²) < 4.78 is 1.28. The summed E-state index contributed by atoms with van der Waals surface area (Å²) in [5, 5.41) is 3.58. The predicted molar refractivity (Wildman–Crippen MR) is 75.2 cm³/mol. The molecular weight excluding hydrogens is 274 g/mol. The number of hydrogen-bond acceptors (Lipinski definition) is 1. The van der Waals surface area contributed by atoms with Crippen molar-refractivity contribution in [3.63, 3.8) is 0 Å². The van der Waals surface area contributed by atoms with Crippen LogP contribution in [0, 0.1) is 11.3 Å². The van der Waals surface area contributed by atoms with Gasteiger partial charge < -0.3 is 5.32 Å². The number of halogens is 1. The molecule has 1 aromatic rings. The van der Waals surface area contributed by atoms with E-state index in [1.807, 2.05) is 0 Å². The molecule has 2 atom stereocenters. The third-order valence-electron chi connectivity index (χ3n) is 4.78. The quantitative estimate of drug-likeness (QED) is 0.871. The lowest BCUT2D eigenvalue weighted by Crippen LogP contribution is -2.43. The van der Waals surface area contributed by atoms with Gasteiger partial charge in [-0.25, -0.2) is 0 Å². The predicted octanol–water partition coefficient (Wildman–Crippen LogP) is 3.94. The van der Waals surface area contributed by atoms with Gasteiger partial charge in [-0.15, -0.1) is 0 Å². The fourth-order valence-electron chi connectivity index (χ4n) is 3.47. The van der Waals surface area contributed by atoms with Crippen molar-refractivity contribution in [1.82, 2.24) is 5.32 Å². The summed E-state index contributed by atoms with van der Waals surface area (Å²) in [6.07, 6.45) is 4.21. The van der Waals surface area contributed by atoms with Crippen molar-refractivity contribution in [3.05, 3.63) is 34.3 Å². The molecule has 1 N–H and O–H groups in total. The molecule has 92 valence electrons. The lowest BCUT2D eigenvalue weighted by Gasteiger charge is -2.43. The van der Waals surface area contributed by atoms with E-state index >= 15 is 0 Å². The molecule has 1 nitrogen and oxygen atoms in total. The second kappa shape index (κ2) is 4.40. The van der Waals surface area contributed by atoms with E-state index in [0.717, 1.165) is 12.5 Å². The van der Waals surface area contributed by atoms with Crippen LogP contribution in [0.1, 0.15) is 37.7 Å². The van der Waals surface area contributed by atoms with Gasteiger partial charge in [0.2, 0.25) is 0 Å². The maximum atomic E-state index is 3.73. The third-order valence-corrected chi connectivity index (χ3v) is 5.50. The first-order chi connectivity index (χ1) is 8.22. The summed E-state index contributed by atoms with van der Waals surface area (Å²) in [5.74, 6) is 1.63. The first-order valence-corrected chi connectivity index (χ1v) is 7.46. The molecule has 0 radical (unpaired) electrons. The Kier molecular flexibility index (Phi) is 3.04. The SMILES string of the molecule is CC1(C2CC2)CCNCC1c1ccccc1Br. The van der Waals surface area contributed by atoms with Crippen LogP contribution >= 0.6 is 15.9 Å². The van der Waals surface area contributed by atoms with Crippen LogP contribution in [0.15, 0.2) is 28.7 Å². The average Bonchev–Trinajstić information content (AvgIpc) is 3.15. The van der Waals surface area contributed by atoms with E-state index in [4.69, 9.17) is 0 Å². The molecule has 1 aliphatic heterocycles. The van der Waals surface area contributed by atoms with Gasteiger partial charge in [0.15, 0.2) is 0 Å². The minimum atomic E-state index is 0.509. The van der Waals surface area contributed by atoms with Crippen molar-refractivity contribution in [3.8, 4) is 0 Å². The van der Waals surface area contributed by atoms with Gasteiger partial charge in [-0.05, 0) is 48.8 Å². The van der Waals surface area contributed by atoms with Gasteiger partial charge >= 0.3 is 0 Å². The fraction of sp³-hybridized carbons (Fsp3) is 0.600. The first kappa shape index (κ1) is 11.7. The molecule has 2 aliphatic rings. The van der Waals surface area contributed by atoms with Gasteiger partial charge in [-0.1, -0.05) is 41.1 Å². The molecule has 0 amide bonds. The zero-order valence-electron chi connectivity index (χ0n) is 10.4. The summed E-state index contributed by atoms with van der Waals surface area (Å²) in [7, 11) is 0. The molecular formula is C15H20BrN. The van der Waals surface area contributed by atoms with Crippen LogP contribution in [-0.4, -0.2) is 13.1 Å². The highest BCUT2D eigenvalue weighted by Gasteiger charge is 2.48. The Labute approximate surface area is 112 Å². The Bertz CT molecular complexity index is 413. The zero-order chi connectivity index (χ0) is 11.9. The van der Waals surface area contributed by atoms with Crippen molar-refractivity contribution in [1.29, 1.82) is 0 Å². The Morgan fingerprint density at radius 1 is 1.29 bits per heavy atom. The van der Waals surface area contributed by atoms with E-state index in [9.17, 15) is 0 Å². The maximum absolute atomic E-state index is 3.73. The molecule has 3 rings (SSSR count). The summed E-state index contributed by atoms with van der Waals surface area (Å²) in [5.41, 5.74) is 2.00. The molecule has 2 unspecified atom stereocenters. The highest BCUT2D eigenvalue weighted by Crippen LogP contribution is 2.56. The molecule has 0 bridgehead atoms. The van der Waals surface area contributed by atoms with Gasteiger partial charge in [-0.2, -0.15) is 0 Å². The average molecular weight is 294 g/mol. The molecule has 0 spiro atoms. The monoisotopic (exact) mass is 293 g/mol. The van der Waals surface area contributed by atoms with Crippen LogP contribution in [-0.2, 0) is 0 Å². The van der Waals surface area contributed by atoms with Gasteiger partial charge in [0.05, 0.1) is 0 Å². The van der Waals surface area contributed by atoms with Crippen LogP contribution in [0.5, 0.6) is 0 Å². The van der Waals surface area contributed by atoms with E-state index in [2.05, 4.69) is 52.4 Å². The molecule has 2 fully saturated rings. The number of rotatable bonds is 2. The van der Waals surface area contributed by atoms with Gasteiger partial charge in [0.1, 0.15) is 0 Å². The van der Waals surface area contributed by atoms with Crippen LogP contribution in [0.3, 0.4) is 0 Å². The zero-order valence-corrected chi connectivity index (χ0v) is 12.0. The summed E-state index contributed by atoms with van der Waals surface area (Å²) in [6, 6.07) is 8.75. The van der Waals surface area contributed by atoms with Crippen molar-refractivity contribution in [2.75, 3.05) is 13.1 Å². The normalized spacial score (nSPS) is 33.6. The van der Waals surface area contributed by atoms with Crippen LogP contribution in [0.4, 0.5) is 0 Å². The van der Waals surface area contributed by atoms with Crippen molar-refractivity contribution >= 4 is 15.9 Å². The Morgan fingerprint density at radius 3 is 2.76 bits per heavy atom. The molecule has 2 heteroatoms. The van der Waals surface area contributed by atoms with Gasteiger partial charge in [0.25, 0.3) is 0 Å². The fourth-order valence-corrected chi connectivity index (χ4v) is 4.03. The van der Waals surface area contributed by atoms with Crippen LogP contribution < -0.4 is 5.32 Å². The molecule has 1 aliphatic carbocycles. The number of benzene rings is 1. The van der Waals surface area contributed by atoms with Crippen LogP contribution in [0.2, 0.25) is 0 Å². The van der Waals surface area contributed by atoms with Crippen molar-refractivity contribution < 1.29 is 0 Å². The summed E-state index contributed by atoms with van der Waals surface area (Å²) >= 11 is 3.73.